The maximum atomic E-state index is 13.4. The molecule has 4 heterocycles. The number of primary amides is 1. The number of rotatable bonds is 11. The number of benzene rings is 1. The van der Waals surface area contributed by atoms with Crippen LogP contribution in [0.2, 0.25) is 0 Å². The molecule has 3 aliphatic heterocycles. The predicted octanol–water partition coefficient (Wildman–Crippen LogP) is 1.71. The maximum absolute atomic E-state index is 13.4. The Morgan fingerprint density at radius 2 is 1.82 bits per heavy atom. The second-order valence-electron chi connectivity index (χ2n) is 13.3. The molecular formula is C33H48N6O5. The van der Waals surface area contributed by atoms with Gasteiger partial charge in [-0.05, 0) is 76.4 Å². The summed E-state index contributed by atoms with van der Waals surface area (Å²) in [7, 11) is 0. The summed E-state index contributed by atoms with van der Waals surface area (Å²) in [4.78, 5) is 57.0. The minimum Gasteiger partial charge on any atom is -0.390 e. The van der Waals surface area contributed by atoms with Gasteiger partial charge in [-0.2, -0.15) is 0 Å². The van der Waals surface area contributed by atoms with Gasteiger partial charge in [-0.1, -0.05) is 18.2 Å². The van der Waals surface area contributed by atoms with E-state index in [0.717, 1.165) is 56.0 Å². The lowest BCUT2D eigenvalue weighted by molar-refractivity contribution is -0.131. The lowest BCUT2D eigenvalue weighted by Crippen LogP contribution is -2.54. The Morgan fingerprint density at radius 3 is 2.48 bits per heavy atom. The third-order valence-electron chi connectivity index (χ3n) is 9.82. The van der Waals surface area contributed by atoms with E-state index in [9.17, 15) is 24.3 Å². The number of hydrogen-bond donors (Lipinski definition) is 3. The number of likely N-dealkylation sites (tertiary alicyclic amines) is 1. The number of amides is 3. The number of para-hydroxylation sites is 1. The number of pyridine rings is 1. The van der Waals surface area contributed by atoms with Crippen molar-refractivity contribution in [3.8, 4) is 0 Å². The summed E-state index contributed by atoms with van der Waals surface area (Å²) in [5, 5.41) is 15.1. The van der Waals surface area contributed by atoms with Crippen LogP contribution in [-0.2, 0) is 9.59 Å². The summed E-state index contributed by atoms with van der Waals surface area (Å²) in [5.41, 5.74) is 6.22. The number of nitrogens with one attached hydrogen (secondary N) is 1. The number of piperidine rings is 2. The number of carbonyl (C=O) groups excluding carboxylic acids is 3. The molecule has 11 nitrogen and oxygen atoms in total. The Labute approximate surface area is 259 Å². The summed E-state index contributed by atoms with van der Waals surface area (Å²) in [6.45, 7) is 8.77. The van der Waals surface area contributed by atoms with Crippen LogP contribution in [-0.4, -0.2) is 106 Å². The molecule has 44 heavy (non-hydrogen) atoms. The molecule has 3 saturated heterocycles. The molecular weight excluding hydrogens is 560 g/mol. The van der Waals surface area contributed by atoms with Gasteiger partial charge in [0.05, 0.1) is 17.5 Å². The van der Waals surface area contributed by atoms with Gasteiger partial charge in [0.2, 0.25) is 11.8 Å². The van der Waals surface area contributed by atoms with Gasteiger partial charge in [-0.15, -0.1) is 0 Å². The second kappa shape index (κ2) is 13.8. The summed E-state index contributed by atoms with van der Waals surface area (Å²) in [6, 6.07) is 9.67. The Bertz CT molecular complexity index is 1410. The topological polar surface area (TPSA) is 141 Å². The molecule has 240 valence electrons. The molecule has 1 unspecified atom stereocenters. The van der Waals surface area contributed by atoms with E-state index < -0.39 is 6.10 Å². The van der Waals surface area contributed by atoms with Gasteiger partial charge in [-0.25, -0.2) is 0 Å². The Kier molecular flexibility index (Phi) is 10.1. The minimum absolute atomic E-state index is 0.0470. The van der Waals surface area contributed by atoms with Crippen LogP contribution in [0, 0.1) is 5.92 Å². The molecule has 3 aliphatic rings. The van der Waals surface area contributed by atoms with Gasteiger partial charge < -0.3 is 30.5 Å². The van der Waals surface area contributed by atoms with Crippen LogP contribution < -0.4 is 16.6 Å². The van der Waals surface area contributed by atoms with E-state index in [1.54, 1.807) is 15.5 Å². The predicted molar refractivity (Wildman–Crippen MR) is 169 cm³/mol. The number of fused-ring (bicyclic) bond motifs is 3. The molecule has 11 heteroatoms. The van der Waals surface area contributed by atoms with Crippen molar-refractivity contribution in [2.24, 2.45) is 11.7 Å². The molecule has 5 rings (SSSR count). The van der Waals surface area contributed by atoms with Crippen molar-refractivity contribution in [3.05, 3.63) is 46.2 Å². The first-order valence-corrected chi connectivity index (χ1v) is 16.2. The molecule has 4 atom stereocenters. The monoisotopic (exact) mass is 608 g/mol. The summed E-state index contributed by atoms with van der Waals surface area (Å²) >= 11 is 0. The van der Waals surface area contributed by atoms with Gasteiger partial charge in [0.15, 0.2) is 0 Å². The minimum atomic E-state index is -0.694. The highest BCUT2D eigenvalue weighted by atomic mass is 16.3. The quantitative estimate of drug-likeness (QED) is 0.353. The Morgan fingerprint density at radius 1 is 1.11 bits per heavy atom. The van der Waals surface area contributed by atoms with Crippen molar-refractivity contribution in [2.45, 2.75) is 89.6 Å². The molecule has 0 radical (unpaired) electrons. The Hall–Kier alpha value is -3.28. The third-order valence-corrected chi connectivity index (χ3v) is 9.82. The number of aliphatic hydroxyl groups excluding tert-OH is 1. The molecule has 0 aliphatic carbocycles. The first-order valence-electron chi connectivity index (χ1n) is 16.2. The number of aliphatic hydroxyl groups is 1. The fraction of sp³-hybridized carbons (Fsp3) is 0.636. The van der Waals surface area contributed by atoms with Gasteiger partial charge in [0, 0.05) is 63.8 Å². The molecule has 2 aromatic rings. The smallest absolute Gasteiger partial charge is 0.264 e. The van der Waals surface area contributed by atoms with Crippen molar-refractivity contribution in [1.29, 1.82) is 0 Å². The number of carbonyl (C=O) groups is 3. The lowest BCUT2D eigenvalue weighted by atomic mass is 9.96. The number of hydrogen-bond acceptors (Lipinski definition) is 7. The van der Waals surface area contributed by atoms with E-state index in [4.69, 9.17) is 5.73 Å². The van der Waals surface area contributed by atoms with Crippen molar-refractivity contribution in [2.75, 3.05) is 39.3 Å². The SMILES string of the molecule is CC(=O)N(CCN1CCC[C@@H](C(N)=O)C1)CC(O)CN1[C@H]2CC[C@H]1CC(NC(=O)c1cc3ccccc3n(C(C)C)c1=O)C2. The number of aromatic nitrogens is 1. The van der Waals surface area contributed by atoms with Crippen LogP contribution in [0.3, 0.4) is 0 Å². The van der Waals surface area contributed by atoms with E-state index in [2.05, 4.69) is 15.1 Å². The highest BCUT2D eigenvalue weighted by Crippen LogP contribution is 2.36. The average Bonchev–Trinajstić information content (AvgIpc) is 3.20. The van der Waals surface area contributed by atoms with Gasteiger partial charge in [0.1, 0.15) is 5.56 Å². The lowest BCUT2D eigenvalue weighted by Gasteiger charge is -2.40. The zero-order chi connectivity index (χ0) is 31.5. The van der Waals surface area contributed by atoms with Gasteiger partial charge in [0.25, 0.3) is 11.5 Å². The molecule has 0 saturated carbocycles. The Balaban J connectivity index is 1.16. The van der Waals surface area contributed by atoms with E-state index in [0.29, 0.717) is 26.2 Å². The van der Waals surface area contributed by atoms with Gasteiger partial charge in [-0.3, -0.25) is 24.1 Å². The summed E-state index contributed by atoms with van der Waals surface area (Å²) in [6.07, 6.45) is 4.53. The van der Waals surface area contributed by atoms with Crippen LogP contribution in [0.15, 0.2) is 35.1 Å². The normalized spacial score (nSPS) is 24.8. The molecule has 3 amide bonds. The van der Waals surface area contributed by atoms with E-state index >= 15 is 0 Å². The highest BCUT2D eigenvalue weighted by Gasteiger charge is 2.42. The first kappa shape index (κ1) is 32.1. The van der Waals surface area contributed by atoms with Crippen LogP contribution >= 0.6 is 0 Å². The van der Waals surface area contributed by atoms with Crippen molar-refractivity contribution >= 4 is 28.6 Å². The highest BCUT2D eigenvalue weighted by molar-refractivity contribution is 5.97. The average molecular weight is 609 g/mol. The van der Waals surface area contributed by atoms with Crippen LogP contribution in [0.4, 0.5) is 0 Å². The molecule has 4 N–H and O–H groups in total. The molecule has 0 spiro atoms. The van der Waals surface area contributed by atoms with Gasteiger partial charge >= 0.3 is 0 Å². The van der Waals surface area contributed by atoms with Crippen molar-refractivity contribution < 1.29 is 19.5 Å². The largest absolute Gasteiger partial charge is 0.390 e. The maximum Gasteiger partial charge on any atom is 0.264 e. The number of nitrogens with two attached hydrogens (primary N) is 1. The molecule has 1 aromatic carbocycles. The standard InChI is InChI=1S/C33H48N6O5/c1-21(2)39-30-9-5-4-7-23(30)15-29(33(39)44)32(43)35-25-16-26-10-11-27(17-25)38(26)20-28(41)19-37(22(3)40)14-13-36-12-6-8-24(18-36)31(34)42/h4-5,7,9,15,21,24-28,41H,6,8,10-14,16-20H2,1-3H3,(H2,34,42)(H,35,43)/t24-,26+,27+,28?/m1/s1. The zero-order valence-electron chi connectivity index (χ0n) is 26.3. The van der Waals surface area contributed by atoms with Crippen LogP contribution in [0.5, 0.6) is 0 Å². The van der Waals surface area contributed by atoms with E-state index in [1.165, 1.54) is 6.92 Å². The third kappa shape index (κ3) is 7.16. The summed E-state index contributed by atoms with van der Waals surface area (Å²) < 4.78 is 1.69. The fourth-order valence-electron chi connectivity index (χ4n) is 7.60. The van der Waals surface area contributed by atoms with E-state index in [1.807, 2.05) is 38.1 Å². The number of nitrogens with zero attached hydrogens (tertiary/aromatic N) is 4. The van der Waals surface area contributed by atoms with Crippen molar-refractivity contribution in [1.82, 2.24) is 24.6 Å². The molecule has 1 aromatic heterocycles. The molecule has 2 bridgehead atoms. The first-order chi connectivity index (χ1) is 21.0. The zero-order valence-corrected chi connectivity index (χ0v) is 26.3. The van der Waals surface area contributed by atoms with E-state index in [-0.39, 0.29) is 65.5 Å². The second-order valence-corrected chi connectivity index (χ2v) is 13.3. The summed E-state index contributed by atoms with van der Waals surface area (Å²) in [5.74, 6) is -0.827. The van der Waals surface area contributed by atoms with Crippen molar-refractivity contribution in [3.63, 3.8) is 0 Å². The van der Waals surface area contributed by atoms with Crippen LogP contribution in [0.1, 0.15) is 75.7 Å². The molecule has 3 fully saturated rings. The fourth-order valence-corrected chi connectivity index (χ4v) is 7.60. The van der Waals surface area contributed by atoms with Crippen LogP contribution in [0.25, 0.3) is 10.9 Å².